The van der Waals surface area contributed by atoms with E-state index in [1.807, 2.05) is 0 Å². The van der Waals surface area contributed by atoms with E-state index in [1.54, 1.807) is 18.2 Å². The smallest absolute Gasteiger partial charge is 0.411 e. The van der Waals surface area contributed by atoms with Gasteiger partial charge < -0.3 is 20.1 Å². The monoisotopic (exact) mass is 304 g/mol. The van der Waals surface area contributed by atoms with Crippen molar-refractivity contribution < 1.29 is 27.4 Å². The maximum atomic E-state index is 12.0. The number of hydrogen-bond donors (Lipinski definition) is 2. The lowest BCUT2D eigenvalue weighted by atomic mass is 10.1. The molecule has 0 radical (unpaired) electrons. The summed E-state index contributed by atoms with van der Waals surface area (Å²) in [5.74, 6) is 0.0450. The van der Waals surface area contributed by atoms with Crippen LogP contribution in [0.2, 0.25) is 0 Å². The number of amides is 1. The Bertz CT molecular complexity index is 506. The Labute approximate surface area is 119 Å². The molecule has 1 aromatic carbocycles. The van der Waals surface area contributed by atoms with Crippen LogP contribution in [0.25, 0.3) is 0 Å². The standard InChI is InChI=1S/C13H15F3N2O3/c14-13(15,16)8-20-6-4-18-12(19)9-2-1-3-10-11(9)21-7-5-17-10/h1-3,17H,4-8H2,(H,18,19). The highest BCUT2D eigenvalue weighted by Crippen LogP contribution is 2.30. The fourth-order valence-electron chi connectivity index (χ4n) is 1.87. The van der Waals surface area contributed by atoms with Gasteiger partial charge in [0.25, 0.3) is 5.91 Å². The summed E-state index contributed by atoms with van der Waals surface area (Å²) >= 11 is 0. The summed E-state index contributed by atoms with van der Waals surface area (Å²) in [4.78, 5) is 12.0. The first-order valence-electron chi connectivity index (χ1n) is 6.40. The molecule has 2 rings (SSSR count). The lowest BCUT2D eigenvalue weighted by Crippen LogP contribution is -2.30. The van der Waals surface area contributed by atoms with Crippen molar-refractivity contribution in [3.63, 3.8) is 0 Å². The Morgan fingerprint density at radius 2 is 2.24 bits per heavy atom. The van der Waals surface area contributed by atoms with Gasteiger partial charge in [-0.3, -0.25) is 4.79 Å². The summed E-state index contributed by atoms with van der Waals surface area (Å²) in [6, 6.07) is 5.09. The molecule has 0 fully saturated rings. The molecule has 0 aromatic heterocycles. The van der Waals surface area contributed by atoms with Crippen molar-refractivity contribution in [2.45, 2.75) is 6.18 Å². The number of alkyl halides is 3. The van der Waals surface area contributed by atoms with Gasteiger partial charge in [-0.05, 0) is 12.1 Å². The summed E-state index contributed by atoms with van der Waals surface area (Å²) in [5.41, 5.74) is 1.07. The van der Waals surface area contributed by atoms with Crippen LogP contribution < -0.4 is 15.4 Å². The predicted molar refractivity (Wildman–Crippen MR) is 69.6 cm³/mol. The molecule has 2 N–H and O–H groups in total. The van der Waals surface area contributed by atoms with Crippen LogP contribution in [0.5, 0.6) is 5.75 Å². The van der Waals surface area contributed by atoms with Crippen LogP contribution in [0, 0.1) is 0 Å². The van der Waals surface area contributed by atoms with Crippen LogP contribution in [0.3, 0.4) is 0 Å². The second-order valence-corrected chi connectivity index (χ2v) is 4.38. The largest absolute Gasteiger partial charge is 0.489 e. The molecule has 0 bridgehead atoms. The highest BCUT2D eigenvalue weighted by atomic mass is 19.4. The molecule has 0 atom stereocenters. The van der Waals surface area contributed by atoms with E-state index >= 15 is 0 Å². The molecule has 0 aliphatic carbocycles. The number of anilines is 1. The van der Waals surface area contributed by atoms with Crippen molar-refractivity contribution in [2.24, 2.45) is 0 Å². The Morgan fingerprint density at radius 3 is 3.00 bits per heavy atom. The third kappa shape index (κ3) is 4.52. The Morgan fingerprint density at radius 1 is 1.43 bits per heavy atom. The number of hydrogen-bond acceptors (Lipinski definition) is 4. The summed E-state index contributed by atoms with van der Waals surface area (Å²) in [5, 5.41) is 5.59. The van der Waals surface area contributed by atoms with Crippen LogP contribution in [-0.4, -0.2) is 45.0 Å². The highest BCUT2D eigenvalue weighted by molar-refractivity contribution is 5.98. The summed E-state index contributed by atoms with van der Waals surface area (Å²) in [6.07, 6.45) is -4.36. The van der Waals surface area contributed by atoms with Crippen LogP contribution in [0.4, 0.5) is 18.9 Å². The Kier molecular flexibility index (Phi) is 4.89. The van der Waals surface area contributed by atoms with Gasteiger partial charge in [0.15, 0.2) is 5.75 Å². The fraction of sp³-hybridized carbons (Fsp3) is 0.462. The minimum Gasteiger partial charge on any atom is -0.489 e. The molecule has 1 aliphatic rings. The lowest BCUT2D eigenvalue weighted by Gasteiger charge is -2.21. The van der Waals surface area contributed by atoms with E-state index in [4.69, 9.17) is 4.74 Å². The molecule has 1 amide bonds. The van der Waals surface area contributed by atoms with Crippen molar-refractivity contribution >= 4 is 11.6 Å². The predicted octanol–water partition coefficient (Wildman–Crippen LogP) is 1.80. The van der Waals surface area contributed by atoms with Crippen molar-refractivity contribution in [2.75, 3.05) is 38.2 Å². The molecule has 0 saturated carbocycles. The summed E-state index contributed by atoms with van der Waals surface area (Å²) in [7, 11) is 0. The second kappa shape index (κ2) is 6.66. The molecule has 1 aromatic rings. The number of halogens is 3. The van der Waals surface area contributed by atoms with E-state index in [0.29, 0.717) is 24.5 Å². The van der Waals surface area contributed by atoms with Crippen molar-refractivity contribution in [1.82, 2.24) is 5.32 Å². The molecular formula is C13H15F3N2O3. The number of rotatable bonds is 5. The number of nitrogens with one attached hydrogen (secondary N) is 2. The zero-order valence-corrected chi connectivity index (χ0v) is 11.1. The number of carbonyl (C=O) groups is 1. The first-order chi connectivity index (χ1) is 9.97. The van der Waals surface area contributed by atoms with Gasteiger partial charge in [0.05, 0.1) is 17.9 Å². The maximum Gasteiger partial charge on any atom is 0.411 e. The zero-order chi connectivity index (χ0) is 15.3. The van der Waals surface area contributed by atoms with Crippen LogP contribution in [0.15, 0.2) is 18.2 Å². The SMILES string of the molecule is O=C(NCCOCC(F)(F)F)c1cccc2c1OCCN2. The zero-order valence-electron chi connectivity index (χ0n) is 11.1. The average Bonchev–Trinajstić information content (AvgIpc) is 2.45. The van der Waals surface area contributed by atoms with E-state index in [0.717, 1.165) is 5.69 Å². The number of benzene rings is 1. The Balaban J connectivity index is 1.84. The van der Waals surface area contributed by atoms with Gasteiger partial charge in [0.2, 0.25) is 0 Å². The third-order valence-electron chi connectivity index (χ3n) is 2.72. The first kappa shape index (κ1) is 15.4. The summed E-state index contributed by atoms with van der Waals surface area (Å²) < 4.78 is 45.4. The molecule has 1 heterocycles. The van der Waals surface area contributed by atoms with E-state index in [-0.39, 0.29) is 13.2 Å². The van der Waals surface area contributed by atoms with E-state index in [1.165, 1.54) is 0 Å². The van der Waals surface area contributed by atoms with Gasteiger partial charge in [-0.25, -0.2) is 0 Å². The number of carbonyl (C=O) groups excluding carboxylic acids is 1. The van der Waals surface area contributed by atoms with Gasteiger partial charge in [-0.2, -0.15) is 13.2 Å². The minimum atomic E-state index is -4.36. The van der Waals surface area contributed by atoms with Crippen molar-refractivity contribution in [3.8, 4) is 5.75 Å². The normalized spacial score (nSPS) is 13.9. The van der Waals surface area contributed by atoms with E-state index in [2.05, 4.69) is 15.4 Å². The highest BCUT2D eigenvalue weighted by Gasteiger charge is 2.27. The number of ether oxygens (including phenoxy) is 2. The van der Waals surface area contributed by atoms with E-state index in [9.17, 15) is 18.0 Å². The van der Waals surface area contributed by atoms with Crippen molar-refractivity contribution in [1.29, 1.82) is 0 Å². The quantitative estimate of drug-likeness (QED) is 0.814. The molecular weight excluding hydrogens is 289 g/mol. The number of fused-ring (bicyclic) bond motifs is 1. The molecule has 0 saturated heterocycles. The minimum absolute atomic E-state index is 0.00793. The van der Waals surface area contributed by atoms with Crippen molar-refractivity contribution in [3.05, 3.63) is 23.8 Å². The fourth-order valence-corrected chi connectivity index (χ4v) is 1.87. The number of para-hydroxylation sites is 1. The Hall–Kier alpha value is -1.96. The molecule has 8 heteroatoms. The van der Waals surface area contributed by atoms with Gasteiger partial charge in [-0.15, -0.1) is 0 Å². The maximum absolute atomic E-state index is 12.0. The van der Waals surface area contributed by atoms with Gasteiger partial charge in [-0.1, -0.05) is 6.07 Å². The second-order valence-electron chi connectivity index (χ2n) is 4.38. The van der Waals surface area contributed by atoms with Gasteiger partial charge >= 0.3 is 6.18 Å². The summed E-state index contributed by atoms with van der Waals surface area (Å²) in [6.45, 7) is -0.433. The lowest BCUT2D eigenvalue weighted by molar-refractivity contribution is -0.173. The first-order valence-corrected chi connectivity index (χ1v) is 6.40. The molecule has 1 aliphatic heterocycles. The van der Waals surface area contributed by atoms with Crippen LogP contribution >= 0.6 is 0 Å². The van der Waals surface area contributed by atoms with Crippen LogP contribution in [-0.2, 0) is 4.74 Å². The topological polar surface area (TPSA) is 59.6 Å². The molecule has 0 unspecified atom stereocenters. The third-order valence-corrected chi connectivity index (χ3v) is 2.72. The molecule has 5 nitrogen and oxygen atoms in total. The van der Waals surface area contributed by atoms with Gasteiger partial charge in [0.1, 0.15) is 13.2 Å². The van der Waals surface area contributed by atoms with Crippen LogP contribution in [0.1, 0.15) is 10.4 Å². The average molecular weight is 304 g/mol. The van der Waals surface area contributed by atoms with Gasteiger partial charge in [0, 0.05) is 13.1 Å². The molecule has 21 heavy (non-hydrogen) atoms. The molecule has 0 spiro atoms. The van der Waals surface area contributed by atoms with E-state index < -0.39 is 18.7 Å². The molecule has 116 valence electrons.